The molecular weight excluding hydrogens is 337 g/mol. The normalized spacial score (nSPS) is 18.2. The van der Waals surface area contributed by atoms with Crippen LogP contribution in [0, 0.1) is 0 Å². The van der Waals surface area contributed by atoms with Crippen molar-refractivity contribution in [3.05, 3.63) is 24.3 Å². The summed E-state index contributed by atoms with van der Waals surface area (Å²) in [5.41, 5.74) is 5.80. The summed E-state index contributed by atoms with van der Waals surface area (Å²) >= 11 is 0. The number of nitrogens with zero attached hydrogens (tertiary/aromatic N) is 2. The molecule has 1 saturated heterocycles. The number of guanidine groups is 1. The first-order valence-corrected chi connectivity index (χ1v) is 7.89. The van der Waals surface area contributed by atoms with Gasteiger partial charge in [0, 0.05) is 18.8 Å². The van der Waals surface area contributed by atoms with Crippen LogP contribution in [0.1, 0.15) is 12.8 Å². The van der Waals surface area contributed by atoms with Crippen LogP contribution in [0.2, 0.25) is 0 Å². The van der Waals surface area contributed by atoms with E-state index in [1.54, 1.807) is 6.07 Å². The number of likely N-dealkylation sites (N-methyl/N-ethyl adjacent to an activating group) is 1. The highest BCUT2D eigenvalue weighted by molar-refractivity contribution is 5.93. The van der Waals surface area contributed by atoms with E-state index in [0.717, 1.165) is 12.8 Å². The Morgan fingerprint density at radius 1 is 1.32 bits per heavy atom. The summed E-state index contributed by atoms with van der Waals surface area (Å²) < 4.78 is 46.8. The number of benzene rings is 1. The minimum absolute atomic E-state index is 0.0333. The first kappa shape index (κ1) is 19.3. The van der Waals surface area contributed by atoms with Crippen LogP contribution in [0.4, 0.5) is 18.9 Å². The number of alkyl halides is 3. The highest BCUT2D eigenvalue weighted by atomic mass is 19.4. The molecule has 0 bridgehead atoms. The summed E-state index contributed by atoms with van der Waals surface area (Å²) in [4.78, 5) is 6.41. The van der Waals surface area contributed by atoms with Crippen molar-refractivity contribution in [2.45, 2.75) is 24.7 Å². The van der Waals surface area contributed by atoms with Crippen LogP contribution in [-0.2, 0) is 4.74 Å². The lowest BCUT2D eigenvalue weighted by atomic mass is 9.89. The zero-order valence-electron chi connectivity index (χ0n) is 14.3. The van der Waals surface area contributed by atoms with Gasteiger partial charge in [-0.3, -0.25) is 4.99 Å². The fourth-order valence-corrected chi connectivity index (χ4v) is 2.69. The molecule has 1 heterocycles. The van der Waals surface area contributed by atoms with Gasteiger partial charge >= 0.3 is 6.36 Å². The molecule has 0 unspecified atom stereocenters. The lowest BCUT2D eigenvalue weighted by Crippen LogP contribution is -2.51. The SMILES string of the molecule is CN(C)C1(CN=C(N)Nc2ccccc2OC(F)(F)F)CCOCC1. The van der Waals surface area contributed by atoms with Crippen molar-refractivity contribution in [2.24, 2.45) is 10.7 Å². The maximum Gasteiger partial charge on any atom is 0.573 e. The number of nitrogens with one attached hydrogen (secondary N) is 1. The van der Waals surface area contributed by atoms with E-state index >= 15 is 0 Å². The number of aliphatic imine (C=N–C) groups is 1. The van der Waals surface area contributed by atoms with Crippen molar-refractivity contribution >= 4 is 11.6 Å². The van der Waals surface area contributed by atoms with Crippen LogP contribution in [0.3, 0.4) is 0 Å². The van der Waals surface area contributed by atoms with E-state index in [1.807, 2.05) is 14.1 Å². The van der Waals surface area contributed by atoms with E-state index in [1.165, 1.54) is 18.2 Å². The van der Waals surface area contributed by atoms with E-state index in [9.17, 15) is 13.2 Å². The molecule has 3 N–H and O–H groups in total. The van der Waals surface area contributed by atoms with Crippen molar-refractivity contribution in [1.29, 1.82) is 0 Å². The van der Waals surface area contributed by atoms with E-state index in [-0.39, 0.29) is 22.9 Å². The molecule has 0 amide bonds. The predicted molar refractivity (Wildman–Crippen MR) is 89.7 cm³/mol. The zero-order chi connectivity index (χ0) is 18.5. The predicted octanol–water partition coefficient (Wildman–Crippen LogP) is 2.42. The summed E-state index contributed by atoms with van der Waals surface area (Å²) in [6.07, 6.45) is -3.16. The first-order chi connectivity index (χ1) is 11.7. The van der Waals surface area contributed by atoms with Crippen LogP contribution in [0.15, 0.2) is 29.3 Å². The Kier molecular flexibility index (Phi) is 6.12. The molecule has 1 aromatic rings. The third kappa shape index (κ3) is 5.50. The zero-order valence-corrected chi connectivity index (χ0v) is 14.3. The Morgan fingerprint density at radius 3 is 2.56 bits per heavy atom. The number of hydrogen-bond acceptors (Lipinski definition) is 4. The Bertz CT molecular complexity index is 599. The fourth-order valence-electron chi connectivity index (χ4n) is 2.69. The second-order valence-electron chi connectivity index (χ2n) is 6.10. The van der Waals surface area contributed by atoms with E-state index in [0.29, 0.717) is 19.8 Å². The average molecular weight is 360 g/mol. The molecule has 0 saturated carbocycles. The third-order valence-electron chi connectivity index (χ3n) is 4.29. The van der Waals surface area contributed by atoms with Gasteiger partial charge in [0.15, 0.2) is 11.7 Å². The van der Waals surface area contributed by atoms with Crippen molar-refractivity contribution in [1.82, 2.24) is 4.90 Å². The number of para-hydroxylation sites is 2. The smallest absolute Gasteiger partial charge is 0.404 e. The molecule has 0 radical (unpaired) electrons. The van der Waals surface area contributed by atoms with Gasteiger partial charge < -0.3 is 25.4 Å². The standard InChI is InChI=1S/C16H23F3N4O2/c1-23(2)15(7-9-24-10-8-15)11-21-14(20)22-12-5-3-4-6-13(12)25-16(17,18)19/h3-6H,7-11H2,1-2H3,(H3,20,21,22). The molecule has 1 fully saturated rings. The van der Waals surface area contributed by atoms with Crippen LogP contribution in [0.25, 0.3) is 0 Å². The molecule has 0 aromatic heterocycles. The lowest BCUT2D eigenvalue weighted by Gasteiger charge is -2.41. The fraction of sp³-hybridized carbons (Fsp3) is 0.562. The second-order valence-corrected chi connectivity index (χ2v) is 6.10. The van der Waals surface area contributed by atoms with Gasteiger partial charge in [0.25, 0.3) is 0 Å². The summed E-state index contributed by atoms with van der Waals surface area (Å²) in [7, 11) is 3.94. The van der Waals surface area contributed by atoms with Gasteiger partial charge in [-0.1, -0.05) is 12.1 Å². The molecule has 140 valence electrons. The van der Waals surface area contributed by atoms with Crippen LogP contribution in [0.5, 0.6) is 5.75 Å². The van der Waals surface area contributed by atoms with Crippen LogP contribution in [-0.4, -0.2) is 56.6 Å². The molecule has 1 aliphatic rings. The maximum atomic E-state index is 12.5. The maximum absolute atomic E-state index is 12.5. The minimum Gasteiger partial charge on any atom is -0.404 e. The lowest BCUT2D eigenvalue weighted by molar-refractivity contribution is -0.274. The molecule has 0 spiro atoms. The highest BCUT2D eigenvalue weighted by Gasteiger charge is 2.35. The molecule has 0 aliphatic carbocycles. The molecule has 2 rings (SSSR count). The Labute approximate surface area is 144 Å². The Morgan fingerprint density at radius 2 is 1.96 bits per heavy atom. The largest absolute Gasteiger partial charge is 0.573 e. The molecule has 1 aromatic carbocycles. The minimum atomic E-state index is -4.78. The summed E-state index contributed by atoms with van der Waals surface area (Å²) in [6, 6.07) is 5.68. The summed E-state index contributed by atoms with van der Waals surface area (Å²) in [5, 5.41) is 2.68. The van der Waals surface area contributed by atoms with Crippen LogP contribution >= 0.6 is 0 Å². The molecular formula is C16H23F3N4O2. The first-order valence-electron chi connectivity index (χ1n) is 7.89. The van der Waals surface area contributed by atoms with Gasteiger partial charge in [0.2, 0.25) is 0 Å². The molecule has 0 atom stereocenters. The van der Waals surface area contributed by atoms with E-state index in [4.69, 9.17) is 10.5 Å². The molecule has 9 heteroatoms. The van der Waals surface area contributed by atoms with Gasteiger partial charge in [-0.2, -0.15) is 0 Å². The highest BCUT2D eigenvalue weighted by Crippen LogP contribution is 2.30. The van der Waals surface area contributed by atoms with E-state index < -0.39 is 6.36 Å². The second kappa shape index (κ2) is 7.92. The van der Waals surface area contributed by atoms with Crippen molar-refractivity contribution in [2.75, 3.05) is 39.2 Å². The number of anilines is 1. The van der Waals surface area contributed by atoms with Crippen molar-refractivity contribution < 1.29 is 22.6 Å². The summed E-state index contributed by atoms with van der Waals surface area (Å²) in [6.45, 7) is 1.71. The number of rotatable bonds is 5. The topological polar surface area (TPSA) is 72.1 Å². The van der Waals surface area contributed by atoms with Gasteiger partial charge in [0.05, 0.1) is 12.2 Å². The van der Waals surface area contributed by atoms with Gasteiger partial charge in [-0.15, -0.1) is 13.2 Å². The quantitative estimate of drug-likeness (QED) is 0.623. The average Bonchev–Trinajstić information content (AvgIpc) is 2.54. The molecule has 1 aliphatic heterocycles. The van der Waals surface area contributed by atoms with Crippen molar-refractivity contribution in [3.8, 4) is 5.75 Å². The summed E-state index contributed by atoms with van der Waals surface area (Å²) in [5.74, 6) is -0.326. The number of ether oxygens (including phenoxy) is 2. The number of nitrogens with two attached hydrogens (primary N) is 1. The number of hydrogen-bond donors (Lipinski definition) is 2. The van der Waals surface area contributed by atoms with Crippen molar-refractivity contribution in [3.63, 3.8) is 0 Å². The number of halogens is 3. The van der Waals surface area contributed by atoms with Gasteiger partial charge in [-0.05, 0) is 39.1 Å². The van der Waals surface area contributed by atoms with Gasteiger partial charge in [-0.25, -0.2) is 0 Å². The van der Waals surface area contributed by atoms with Gasteiger partial charge in [0.1, 0.15) is 0 Å². The monoisotopic (exact) mass is 360 g/mol. The van der Waals surface area contributed by atoms with E-state index in [2.05, 4.69) is 19.9 Å². The molecule has 6 nitrogen and oxygen atoms in total. The molecule has 25 heavy (non-hydrogen) atoms. The van der Waals surface area contributed by atoms with Crippen LogP contribution < -0.4 is 15.8 Å². The Hall–Kier alpha value is -2.00. The Balaban J connectivity index is 2.08. The third-order valence-corrected chi connectivity index (χ3v) is 4.29.